The molecule has 1 fully saturated rings. The third-order valence-corrected chi connectivity index (χ3v) is 3.40. The van der Waals surface area contributed by atoms with Crippen LogP contribution in [0.3, 0.4) is 0 Å². The number of nitrogens with two attached hydrogens (primary N) is 1. The van der Waals surface area contributed by atoms with Gasteiger partial charge in [-0.2, -0.15) is 18.2 Å². The third-order valence-electron chi connectivity index (χ3n) is 3.40. The maximum absolute atomic E-state index is 12.6. The molecule has 0 amide bonds. The molecule has 0 aliphatic heterocycles. The molecule has 1 aromatic rings. The minimum atomic E-state index is -4.43. The first kappa shape index (κ1) is 14.0. The number of alkyl halides is 3. The standard InChI is InChI=1S/C13H17F3N2O/c1-8-2-4-10(5-3-8)19-12-7-9(13(14,15)16)6-11(17)18-12/h6-8,10H,2-5H2,1H3,(H2,17,18). The number of halogens is 3. The van der Waals surface area contributed by atoms with Gasteiger partial charge in [-0.05, 0) is 37.7 Å². The second kappa shape index (κ2) is 5.27. The average molecular weight is 274 g/mol. The minimum Gasteiger partial charge on any atom is -0.474 e. The highest BCUT2D eigenvalue weighted by molar-refractivity contribution is 5.38. The van der Waals surface area contributed by atoms with Gasteiger partial charge in [-0.3, -0.25) is 0 Å². The fourth-order valence-corrected chi connectivity index (χ4v) is 2.27. The lowest BCUT2D eigenvalue weighted by Gasteiger charge is -2.26. The van der Waals surface area contributed by atoms with Crippen molar-refractivity contribution in [1.82, 2.24) is 4.98 Å². The molecule has 1 aliphatic carbocycles. The summed E-state index contributed by atoms with van der Waals surface area (Å²) in [5, 5.41) is 0. The zero-order valence-electron chi connectivity index (χ0n) is 10.7. The Morgan fingerprint density at radius 2 is 1.84 bits per heavy atom. The lowest BCUT2D eigenvalue weighted by atomic mass is 9.89. The summed E-state index contributed by atoms with van der Waals surface area (Å²) in [5.74, 6) is 0.445. The van der Waals surface area contributed by atoms with Crippen LogP contribution in [0.4, 0.5) is 19.0 Å². The molecule has 0 unspecified atom stereocenters. The van der Waals surface area contributed by atoms with Gasteiger partial charge in [0.15, 0.2) is 0 Å². The van der Waals surface area contributed by atoms with Gasteiger partial charge in [-0.25, -0.2) is 0 Å². The van der Waals surface area contributed by atoms with E-state index in [-0.39, 0.29) is 17.8 Å². The van der Waals surface area contributed by atoms with Crippen LogP contribution in [0.1, 0.15) is 38.2 Å². The van der Waals surface area contributed by atoms with Crippen molar-refractivity contribution in [2.75, 3.05) is 5.73 Å². The first-order valence-corrected chi connectivity index (χ1v) is 6.36. The third kappa shape index (κ3) is 3.75. The maximum Gasteiger partial charge on any atom is 0.416 e. The molecule has 1 aliphatic rings. The normalized spacial score (nSPS) is 24.2. The zero-order chi connectivity index (χ0) is 14.0. The lowest BCUT2D eigenvalue weighted by molar-refractivity contribution is -0.137. The summed E-state index contributed by atoms with van der Waals surface area (Å²) in [6.45, 7) is 2.16. The van der Waals surface area contributed by atoms with E-state index in [1.54, 1.807) is 0 Å². The number of aromatic nitrogens is 1. The first-order chi connectivity index (χ1) is 8.84. The molecule has 106 valence electrons. The predicted molar refractivity (Wildman–Crippen MR) is 65.7 cm³/mol. The SMILES string of the molecule is CC1CCC(Oc2cc(C(F)(F)F)cc(N)n2)CC1. The summed E-state index contributed by atoms with van der Waals surface area (Å²) in [6.07, 6.45) is -0.751. The molecular formula is C13H17F3N2O. The van der Waals surface area contributed by atoms with Gasteiger partial charge in [0.1, 0.15) is 11.9 Å². The maximum atomic E-state index is 12.6. The molecule has 2 rings (SSSR count). The first-order valence-electron chi connectivity index (χ1n) is 6.36. The van der Waals surface area contributed by atoms with E-state index in [1.165, 1.54) is 0 Å². The number of hydrogen-bond donors (Lipinski definition) is 1. The highest BCUT2D eigenvalue weighted by Crippen LogP contribution is 2.33. The Morgan fingerprint density at radius 1 is 1.21 bits per heavy atom. The van der Waals surface area contributed by atoms with Gasteiger partial charge in [0.25, 0.3) is 0 Å². The molecule has 0 atom stereocenters. The Bertz CT molecular complexity index is 440. The van der Waals surface area contributed by atoms with E-state index in [4.69, 9.17) is 10.5 Å². The Hall–Kier alpha value is -1.46. The molecule has 1 heterocycles. The van der Waals surface area contributed by atoms with Crippen molar-refractivity contribution in [2.45, 2.75) is 44.9 Å². The summed E-state index contributed by atoms with van der Waals surface area (Å²) in [7, 11) is 0. The molecule has 1 aromatic heterocycles. The summed E-state index contributed by atoms with van der Waals surface area (Å²) in [5.41, 5.74) is 4.57. The van der Waals surface area contributed by atoms with Crippen LogP contribution in [0.15, 0.2) is 12.1 Å². The number of nitrogens with zero attached hydrogens (tertiary/aromatic N) is 1. The molecule has 0 aromatic carbocycles. The fourth-order valence-electron chi connectivity index (χ4n) is 2.27. The van der Waals surface area contributed by atoms with Crippen molar-refractivity contribution < 1.29 is 17.9 Å². The van der Waals surface area contributed by atoms with E-state index in [0.29, 0.717) is 5.92 Å². The van der Waals surface area contributed by atoms with Crippen LogP contribution in [0, 0.1) is 5.92 Å². The van der Waals surface area contributed by atoms with Crippen molar-refractivity contribution in [3.63, 3.8) is 0 Å². The smallest absolute Gasteiger partial charge is 0.416 e. The number of pyridine rings is 1. The Morgan fingerprint density at radius 3 is 2.42 bits per heavy atom. The second-order valence-electron chi connectivity index (χ2n) is 5.12. The molecular weight excluding hydrogens is 257 g/mol. The van der Waals surface area contributed by atoms with E-state index in [2.05, 4.69) is 11.9 Å². The molecule has 2 N–H and O–H groups in total. The Balaban J connectivity index is 2.10. The van der Waals surface area contributed by atoms with Crippen LogP contribution >= 0.6 is 0 Å². The van der Waals surface area contributed by atoms with Crippen molar-refractivity contribution in [3.05, 3.63) is 17.7 Å². The van der Waals surface area contributed by atoms with Crippen LogP contribution in [-0.4, -0.2) is 11.1 Å². The fraction of sp³-hybridized carbons (Fsp3) is 0.615. The summed E-state index contributed by atoms with van der Waals surface area (Å²) >= 11 is 0. The molecule has 1 saturated carbocycles. The predicted octanol–water partition coefficient (Wildman–Crippen LogP) is 3.64. The summed E-state index contributed by atoms with van der Waals surface area (Å²) in [4.78, 5) is 3.82. The second-order valence-corrected chi connectivity index (χ2v) is 5.12. The van der Waals surface area contributed by atoms with Crippen LogP contribution in [0.2, 0.25) is 0 Å². The molecule has 0 bridgehead atoms. The van der Waals surface area contributed by atoms with E-state index in [0.717, 1.165) is 37.8 Å². The highest BCUT2D eigenvalue weighted by atomic mass is 19.4. The minimum absolute atomic E-state index is 0.0353. The van der Waals surface area contributed by atoms with E-state index < -0.39 is 11.7 Å². The average Bonchev–Trinajstić information content (AvgIpc) is 2.30. The van der Waals surface area contributed by atoms with Crippen molar-refractivity contribution in [2.24, 2.45) is 5.92 Å². The Labute approximate surface area is 110 Å². The summed E-state index contributed by atoms with van der Waals surface area (Å²) in [6, 6.07) is 1.73. The number of anilines is 1. The number of ether oxygens (including phenoxy) is 1. The quantitative estimate of drug-likeness (QED) is 0.895. The van der Waals surface area contributed by atoms with E-state index in [9.17, 15) is 13.2 Å². The largest absolute Gasteiger partial charge is 0.474 e. The van der Waals surface area contributed by atoms with Gasteiger partial charge in [0.2, 0.25) is 5.88 Å². The molecule has 0 saturated heterocycles. The van der Waals surface area contributed by atoms with Crippen LogP contribution in [-0.2, 0) is 6.18 Å². The van der Waals surface area contributed by atoms with Gasteiger partial charge in [0.05, 0.1) is 5.56 Å². The van der Waals surface area contributed by atoms with Gasteiger partial charge >= 0.3 is 6.18 Å². The van der Waals surface area contributed by atoms with Gasteiger partial charge in [-0.1, -0.05) is 6.92 Å². The van der Waals surface area contributed by atoms with Crippen LogP contribution in [0.25, 0.3) is 0 Å². The monoisotopic (exact) mass is 274 g/mol. The van der Waals surface area contributed by atoms with Gasteiger partial charge in [0, 0.05) is 6.07 Å². The summed E-state index contributed by atoms with van der Waals surface area (Å²) < 4.78 is 43.4. The van der Waals surface area contributed by atoms with Crippen molar-refractivity contribution >= 4 is 5.82 Å². The van der Waals surface area contributed by atoms with Gasteiger partial charge < -0.3 is 10.5 Å². The number of rotatable bonds is 2. The lowest BCUT2D eigenvalue weighted by Crippen LogP contribution is -2.23. The van der Waals surface area contributed by atoms with Crippen molar-refractivity contribution in [1.29, 1.82) is 0 Å². The molecule has 3 nitrogen and oxygen atoms in total. The molecule has 0 spiro atoms. The molecule has 19 heavy (non-hydrogen) atoms. The van der Waals surface area contributed by atoms with Gasteiger partial charge in [-0.15, -0.1) is 0 Å². The Kier molecular flexibility index (Phi) is 3.87. The number of nitrogen functional groups attached to an aromatic ring is 1. The zero-order valence-corrected chi connectivity index (χ0v) is 10.7. The van der Waals surface area contributed by atoms with Crippen LogP contribution < -0.4 is 10.5 Å². The highest BCUT2D eigenvalue weighted by Gasteiger charge is 2.32. The molecule has 0 radical (unpaired) electrons. The van der Waals surface area contributed by atoms with E-state index >= 15 is 0 Å². The molecule has 6 heteroatoms. The van der Waals surface area contributed by atoms with Crippen LogP contribution in [0.5, 0.6) is 5.88 Å². The van der Waals surface area contributed by atoms with E-state index in [1.807, 2.05) is 0 Å². The topological polar surface area (TPSA) is 48.1 Å². The van der Waals surface area contributed by atoms with Crippen molar-refractivity contribution in [3.8, 4) is 5.88 Å². The number of hydrogen-bond acceptors (Lipinski definition) is 3.